The summed E-state index contributed by atoms with van der Waals surface area (Å²) in [5.74, 6) is 0. The Kier molecular flexibility index (Phi) is 2.55. The van der Waals surface area contributed by atoms with Gasteiger partial charge in [0.25, 0.3) is 0 Å². The van der Waals surface area contributed by atoms with Crippen molar-refractivity contribution >= 4 is 22.9 Å². The molecule has 0 spiro atoms. The second-order valence-electron chi connectivity index (χ2n) is 1.89. The molecule has 1 rings (SSSR count). The maximum Gasteiger partial charge on any atom is 0.0676 e. The molecule has 1 unspecified atom stereocenters. The molecule has 0 saturated heterocycles. The molecule has 2 heteroatoms. The minimum absolute atomic E-state index is 0.227. The lowest BCUT2D eigenvalue weighted by atomic mass is 10.3. The maximum absolute atomic E-state index is 5.94. The fourth-order valence-corrected chi connectivity index (χ4v) is 1.68. The van der Waals surface area contributed by atoms with Crippen molar-refractivity contribution in [3.8, 4) is 0 Å². The summed E-state index contributed by atoms with van der Waals surface area (Å²) >= 11 is 7.67. The lowest BCUT2D eigenvalue weighted by Gasteiger charge is -1.99. The molecule has 0 aromatic carbocycles. The molecule has 0 fully saturated rings. The van der Waals surface area contributed by atoms with Gasteiger partial charge < -0.3 is 0 Å². The molecule has 0 aliphatic carbocycles. The highest BCUT2D eigenvalue weighted by atomic mass is 35.5. The van der Waals surface area contributed by atoms with Crippen LogP contribution in [0.5, 0.6) is 0 Å². The van der Waals surface area contributed by atoms with Gasteiger partial charge in [-0.2, -0.15) is 0 Å². The van der Waals surface area contributed by atoms with Gasteiger partial charge in [0, 0.05) is 4.88 Å². The largest absolute Gasteiger partial charge is 0.147 e. The minimum Gasteiger partial charge on any atom is -0.147 e. The van der Waals surface area contributed by atoms with E-state index in [-0.39, 0.29) is 5.38 Å². The van der Waals surface area contributed by atoms with Crippen LogP contribution >= 0.6 is 22.9 Å². The lowest BCUT2D eigenvalue weighted by molar-refractivity contribution is 0.901. The molecule has 9 heavy (non-hydrogen) atoms. The SMILES string of the molecule is CCC(Cl)c1cccs1. The zero-order valence-electron chi connectivity index (χ0n) is 5.30. The van der Waals surface area contributed by atoms with E-state index in [1.807, 2.05) is 6.07 Å². The molecule has 1 aromatic heterocycles. The molecular weight excluding hydrogens is 152 g/mol. The standard InChI is InChI=1S/C7H9ClS/c1-2-6(8)7-4-3-5-9-7/h3-6H,2H2,1H3. The Balaban J connectivity index is 2.65. The topological polar surface area (TPSA) is 0 Å². The van der Waals surface area contributed by atoms with E-state index in [9.17, 15) is 0 Å². The Morgan fingerprint density at radius 2 is 2.56 bits per heavy atom. The van der Waals surface area contributed by atoms with Gasteiger partial charge in [-0.15, -0.1) is 22.9 Å². The molecule has 0 aliphatic heterocycles. The van der Waals surface area contributed by atoms with Gasteiger partial charge in [0.05, 0.1) is 5.38 Å². The van der Waals surface area contributed by atoms with Gasteiger partial charge in [0.15, 0.2) is 0 Å². The predicted octanol–water partition coefficient (Wildman–Crippen LogP) is 3.44. The fraction of sp³-hybridized carbons (Fsp3) is 0.429. The van der Waals surface area contributed by atoms with Crippen LogP contribution in [-0.4, -0.2) is 0 Å². The van der Waals surface area contributed by atoms with E-state index in [2.05, 4.69) is 18.4 Å². The third kappa shape index (κ3) is 1.70. The van der Waals surface area contributed by atoms with Crippen molar-refractivity contribution in [1.29, 1.82) is 0 Å². The van der Waals surface area contributed by atoms with Gasteiger partial charge >= 0.3 is 0 Å². The highest BCUT2D eigenvalue weighted by Gasteiger charge is 2.03. The summed E-state index contributed by atoms with van der Waals surface area (Å²) in [4.78, 5) is 1.28. The summed E-state index contributed by atoms with van der Waals surface area (Å²) in [6.45, 7) is 2.09. The molecule has 0 saturated carbocycles. The second-order valence-corrected chi connectivity index (χ2v) is 3.40. The zero-order valence-corrected chi connectivity index (χ0v) is 6.88. The Bertz CT molecular complexity index is 157. The summed E-state index contributed by atoms with van der Waals surface area (Å²) < 4.78 is 0. The summed E-state index contributed by atoms with van der Waals surface area (Å²) in [7, 11) is 0. The Hall–Kier alpha value is -0.0100. The molecular formula is C7H9ClS. The van der Waals surface area contributed by atoms with E-state index in [1.54, 1.807) is 11.3 Å². The minimum atomic E-state index is 0.227. The highest BCUT2D eigenvalue weighted by molar-refractivity contribution is 7.10. The first-order chi connectivity index (χ1) is 4.34. The third-order valence-corrected chi connectivity index (χ3v) is 2.87. The average Bonchev–Trinajstić information content (AvgIpc) is 2.37. The summed E-state index contributed by atoms with van der Waals surface area (Å²) in [5.41, 5.74) is 0. The lowest BCUT2D eigenvalue weighted by Crippen LogP contribution is -1.79. The summed E-state index contributed by atoms with van der Waals surface area (Å²) in [5, 5.41) is 2.28. The third-order valence-electron chi connectivity index (χ3n) is 1.21. The highest BCUT2D eigenvalue weighted by Crippen LogP contribution is 2.27. The first-order valence-corrected chi connectivity index (χ1v) is 4.33. The van der Waals surface area contributed by atoms with E-state index >= 15 is 0 Å². The van der Waals surface area contributed by atoms with Crippen LogP contribution < -0.4 is 0 Å². The Morgan fingerprint density at radius 3 is 3.00 bits per heavy atom. The molecule has 0 radical (unpaired) electrons. The number of thiophene rings is 1. The smallest absolute Gasteiger partial charge is 0.0676 e. The molecule has 1 heterocycles. The van der Waals surface area contributed by atoms with Crippen molar-refractivity contribution in [1.82, 2.24) is 0 Å². The van der Waals surface area contributed by atoms with Gasteiger partial charge in [0.2, 0.25) is 0 Å². The molecule has 0 N–H and O–H groups in total. The Labute approximate surface area is 64.5 Å². The zero-order chi connectivity index (χ0) is 6.69. The molecule has 1 aromatic rings. The first-order valence-electron chi connectivity index (χ1n) is 3.02. The van der Waals surface area contributed by atoms with Crippen molar-refractivity contribution < 1.29 is 0 Å². The van der Waals surface area contributed by atoms with E-state index in [0.717, 1.165) is 6.42 Å². The number of hydrogen-bond acceptors (Lipinski definition) is 1. The number of alkyl halides is 1. The monoisotopic (exact) mass is 160 g/mol. The van der Waals surface area contributed by atoms with E-state index < -0.39 is 0 Å². The van der Waals surface area contributed by atoms with Gasteiger partial charge in [0.1, 0.15) is 0 Å². The van der Waals surface area contributed by atoms with Gasteiger partial charge in [-0.1, -0.05) is 13.0 Å². The van der Waals surface area contributed by atoms with E-state index in [1.165, 1.54) is 4.88 Å². The summed E-state index contributed by atoms with van der Waals surface area (Å²) in [6.07, 6.45) is 1.02. The van der Waals surface area contributed by atoms with Crippen LogP contribution in [0.3, 0.4) is 0 Å². The fourth-order valence-electron chi connectivity index (χ4n) is 0.671. The molecule has 0 aliphatic rings. The number of halogens is 1. The van der Waals surface area contributed by atoms with E-state index in [0.29, 0.717) is 0 Å². The Morgan fingerprint density at radius 1 is 1.78 bits per heavy atom. The van der Waals surface area contributed by atoms with Crippen LogP contribution in [0, 0.1) is 0 Å². The van der Waals surface area contributed by atoms with E-state index in [4.69, 9.17) is 11.6 Å². The number of rotatable bonds is 2. The second kappa shape index (κ2) is 3.23. The molecule has 0 bridgehead atoms. The van der Waals surface area contributed by atoms with Gasteiger partial charge in [-0.3, -0.25) is 0 Å². The predicted molar refractivity (Wildman–Crippen MR) is 43.2 cm³/mol. The first kappa shape index (κ1) is 7.10. The van der Waals surface area contributed by atoms with Crippen LogP contribution in [0.2, 0.25) is 0 Å². The number of hydrogen-bond donors (Lipinski definition) is 0. The van der Waals surface area contributed by atoms with Crippen LogP contribution in [0.4, 0.5) is 0 Å². The van der Waals surface area contributed by atoms with Crippen LogP contribution in [0.25, 0.3) is 0 Å². The van der Waals surface area contributed by atoms with Crippen molar-refractivity contribution in [3.05, 3.63) is 22.4 Å². The van der Waals surface area contributed by atoms with Crippen molar-refractivity contribution in [2.24, 2.45) is 0 Å². The van der Waals surface area contributed by atoms with Crippen LogP contribution in [0.1, 0.15) is 23.6 Å². The van der Waals surface area contributed by atoms with Crippen molar-refractivity contribution in [2.45, 2.75) is 18.7 Å². The van der Waals surface area contributed by atoms with Crippen LogP contribution in [0.15, 0.2) is 17.5 Å². The molecule has 50 valence electrons. The maximum atomic E-state index is 5.94. The molecule has 1 atom stereocenters. The molecule has 0 amide bonds. The van der Waals surface area contributed by atoms with Crippen LogP contribution in [-0.2, 0) is 0 Å². The average molecular weight is 161 g/mol. The normalized spacial score (nSPS) is 13.6. The van der Waals surface area contributed by atoms with Gasteiger partial charge in [-0.05, 0) is 17.9 Å². The van der Waals surface area contributed by atoms with Crippen molar-refractivity contribution in [3.63, 3.8) is 0 Å². The summed E-state index contributed by atoms with van der Waals surface area (Å²) in [6, 6.07) is 4.11. The quantitative estimate of drug-likeness (QED) is 0.582. The van der Waals surface area contributed by atoms with Crippen molar-refractivity contribution in [2.75, 3.05) is 0 Å². The molecule has 0 nitrogen and oxygen atoms in total. The van der Waals surface area contributed by atoms with Gasteiger partial charge in [-0.25, -0.2) is 0 Å².